The van der Waals surface area contributed by atoms with Crippen LogP contribution < -0.4 is 14.6 Å². The summed E-state index contributed by atoms with van der Waals surface area (Å²) in [6, 6.07) is 5.76. The van der Waals surface area contributed by atoms with E-state index in [1.54, 1.807) is 0 Å². The van der Waals surface area contributed by atoms with Gasteiger partial charge in [0.2, 0.25) is 10.0 Å². The lowest BCUT2D eigenvalue weighted by molar-refractivity contribution is 0.0913. The van der Waals surface area contributed by atoms with E-state index in [1.165, 1.54) is 24.3 Å². The third-order valence-electron chi connectivity index (χ3n) is 2.20. The van der Waals surface area contributed by atoms with E-state index >= 15 is 0 Å². The molecule has 1 aromatic carbocycles. The number of hydrogen-bond acceptors (Lipinski definition) is 5. The van der Waals surface area contributed by atoms with E-state index in [2.05, 4.69) is 9.44 Å². The molecule has 1 aromatic rings. The molecule has 8 nitrogen and oxygen atoms in total. The molecule has 0 saturated carbocycles. The standard InChI is InChI=1S/C11H19N3O5S2/c1-9(2)19-6-7-20(15,16)13-10-4-3-5-11(8-10)14-21(12,17)18/h3-5,8-9,13-14H,6-7H2,1-2H3,(H2,12,17,18). The Labute approximate surface area is 124 Å². The molecule has 0 aromatic heterocycles. The molecule has 0 atom stereocenters. The van der Waals surface area contributed by atoms with Gasteiger partial charge in [-0.05, 0) is 32.0 Å². The summed E-state index contributed by atoms with van der Waals surface area (Å²) in [7, 11) is -7.48. The summed E-state index contributed by atoms with van der Waals surface area (Å²) in [5.74, 6) is -0.196. The molecule has 10 heteroatoms. The van der Waals surface area contributed by atoms with E-state index in [0.29, 0.717) is 0 Å². The lowest BCUT2D eigenvalue weighted by Crippen LogP contribution is -2.23. The summed E-state index contributed by atoms with van der Waals surface area (Å²) >= 11 is 0. The second kappa shape index (κ2) is 7.07. The molecule has 0 heterocycles. The van der Waals surface area contributed by atoms with Crippen LogP contribution in [-0.2, 0) is 25.0 Å². The minimum absolute atomic E-state index is 0.0533. The second-order valence-corrected chi connectivity index (χ2v) is 7.70. The fourth-order valence-corrected chi connectivity index (χ4v) is 2.79. The third-order valence-corrected chi connectivity index (χ3v) is 3.97. The summed E-state index contributed by atoms with van der Waals surface area (Å²) in [6.07, 6.45) is -0.0533. The maximum Gasteiger partial charge on any atom is 0.296 e. The fraction of sp³-hybridized carbons (Fsp3) is 0.455. The molecule has 0 aliphatic rings. The molecule has 0 aliphatic heterocycles. The quantitative estimate of drug-likeness (QED) is 0.635. The number of hydrogen-bond donors (Lipinski definition) is 3. The summed E-state index contributed by atoms with van der Waals surface area (Å²) in [6.45, 7) is 3.69. The second-order valence-electron chi connectivity index (χ2n) is 4.57. The Bertz CT molecular complexity index is 671. The van der Waals surface area contributed by atoms with Crippen LogP contribution in [0.2, 0.25) is 0 Å². The minimum atomic E-state index is -3.91. The zero-order valence-electron chi connectivity index (χ0n) is 11.7. The van der Waals surface area contributed by atoms with Gasteiger partial charge in [0.15, 0.2) is 0 Å². The summed E-state index contributed by atoms with van der Waals surface area (Å²) in [4.78, 5) is 0. The molecular formula is C11H19N3O5S2. The molecule has 0 aliphatic carbocycles. The first kappa shape index (κ1) is 17.7. The topological polar surface area (TPSA) is 128 Å². The molecule has 0 spiro atoms. The van der Waals surface area contributed by atoms with Crippen LogP contribution in [0.4, 0.5) is 11.4 Å². The number of nitrogens with two attached hydrogens (primary N) is 1. The van der Waals surface area contributed by atoms with Gasteiger partial charge in [0, 0.05) is 0 Å². The first-order chi connectivity index (χ1) is 9.57. The van der Waals surface area contributed by atoms with Gasteiger partial charge >= 0.3 is 0 Å². The molecule has 0 bridgehead atoms. The SMILES string of the molecule is CC(C)OCCS(=O)(=O)Nc1cccc(NS(N)(=O)=O)c1. The van der Waals surface area contributed by atoms with Crippen LogP contribution in [0.15, 0.2) is 24.3 Å². The molecule has 4 N–H and O–H groups in total. The molecule has 0 fully saturated rings. The zero-order valence-corrected chi connectivity index (χ0v) is 13.4. The lowest BCUT2D eigenvalue weighted by Gasteiger charge is -2.11. The lowest BCUT2D eigenvalue weighted by atomic mass is 10.3. The van der Waals surface area contributed by atoms with Crippen molar-refractivity contribution in [3.63, 3.8) is 0 Å². The highest BCUT2D eigenvalue weighted by Gasteiger charge is 2.12. The van der Waals surface area contributed by atoms with Gasteiger partial charge in [0.05, 0.1) is 29.8 Å². The zero-order chi connectivity index (χ0) is 16.1. The van der Waals surface area contributed by atoms with Crippen LogP contribution in [0.1, 0.15) is 13.8 Å². The van der Waals surface area contributed by atoms with Crippen LogP contribution in [0.3, 0.4) is 0 Å². The van der Waals surface area contributed by atoms with E-state index in [4.69, 9.17) is 9.88 Å². The predicted octanol–water partition coefficient (Wildman–Crippen LogP) is 0.469. The Morgan fingerprint density at radius 1 is 1.14 bits per heavy atom. The van der Waals surface area contributed by atoms with Crippen molar-refractivity contribution < 1.29 is 21.6 Å². The number of nitrogens with one attached hydrogen (secondary N) is 2. The van der Waals surface area contributed by atoms with E-state index in [0.717, 1.165) is 0 Å². The van der Waals surface area contributed by atoms with Gasteiger partial charge in [-0.3, -0.25) is 9.44 Å². The van der Waals surface area contributed by atoms with Crippen molar-refractivity contribution in [3.8, 4) is 0 Å². The van der Waals surface area contributed by atoms with Crippen molar-refractivity contribution >= 4 is 31.6 Å². The van der Waals surface area contributed by atoms with Crippen LogP contribution >= 0.6 is 0 Å². The van der Waals surface area contributed by atoms with Gasteiger partial charge in [-0.25, -0.2) is 13.6 Å². The highest BCUT2D eigenvalue weighted by Crippen LogP contribution is 2.17. The van der Waals surface area contributed by atoms with Crippen molar-refractivity contribution in [2.75, 3.05) is 21.8 Å². The Balaban J connectivity index is 2.72. The van der Waals surface area contributed by atoms with Crippen LogP contribution in [0.5, 0.6) is 0 Å². The minimum Gasteiger partial charge on any atom is -0.378 e. The van der Waals surface area contributed by atoms with E-state index in [-0.39, 0.29) is 29.8 Å². The molecule has 0 unspecified atom stereocenters. The number of anilines is 2. The summed E-state index contributed by atoms with van der Waals surface area (Å²) in [5.41, 5.74) is 0.393. The third kappa shape index (κ3) is 7.85. The molecular weight excluding hydrogens is 318 g/mol. The normalized spacial score (nSPS) is 12.4. The predicted molar refractivity (Wildman–Crippen MR) is 81.7 cm³/mol. The Morgan fingerprint density at radius 2 is 1.71 bits per heavy atom. The van der Waals surface area contributed by atoms with Crippen molar-refractivity contribution in [2.45, 2.75) is 20.0 Å². The first-order valence-electron chi connectivity index (χ1n) is 6.10. The average molecular weight is 337 g/mol. The number of benzene rings is 1. The smallest absolute Gasteiger partial charge is 0.296 e. The van der Waals surface area contributed by atoms with Gasteiger partial charge in [0.1, 0.15) is 0 Å². The van der Waals surface area contributed by atoms with Gasteiger partial charge in [0.25, 0.3) is 10.2 Å². The largest absolute Gasteiger partial charge is 0.378 e. The molecule has 0 radical (unpaired) electrons. The molecule has 21 heavy (non-hydrogen) atoms. The van der Waals surface area contributed by atoms with E-state index in [1.807, 2.05) is 13.8 Å². The van der Waals surface area contributed by atoms with E-state index in [9.17, 15) is 16.8 Å². The van der Waals surface area contributed by atoms with Crippen LogP contribution in [0, 0.1) is 0 Å². The number of ether oxygens (including phenoxy) is 1. The molecule has 1 rings (SSSR count). The Morgan fingerprint density at radius 3 is 2.24 bits per heavy atom. The average Bonchev–Trinajstić information content (AvgIpc) is 2.24. The highest BCUT2D eigenvalue weighted by atomic mass is 32.2. The van der Waals surface area contributed by atoms with Crippen molar-refractivity contribution in [3.05, 3.63) is 24.3 Å². The Hall–Kier alpha value is -1.36. The van der Waals surface area contributed by atoms with Crippen molar-refractivity contribution in [2.24, 2.45) is 5.14 Å². The Kier molecular flexibility index (Phi) is 5.96. The van der Waals surface area contributed by atoms with Gasteiger partial charge in [-0.15, -0.1) is 0 Å². The molecule has 0 amide bonds. The first-order valence-corrected chi connectivity index (χ1v) is 9.30. The van der Waals surface area contributed by atoms with Gasteiger partial charge in [-0.1, -0.05) is 6.07 Å². The maximum atomic E-state index is 11.8. The van der Waals surface area contributed by atoms with Gasteiger partial charge < -0.3 is 4.74 Å². The molecule has 120 valence electrons. The number of sulfonamides is 1. The maximum absolute atomic E-state index is 11.8. The van der Waals surface area contributed by atoms with Crippen molar-refractivity contribution in [1.82, 2.24) is 0 Å². The molecule has 0 saturated heterocycles. The monoisotopic (exact) mass is 337 g/mol. The van der Waals surface area contributed by atoms with E-state index < -0.39 is 20.2 Å². The van der Waals surface area contributed by atoms with Gasteiger partial charge in [-0.2, -0.15) is 8.42 Å². The highest BCUT2D eigenvalue weighted by molar-refractivity contribution is 7.92. The summed E-state index contributed by atoms with van der Waals surface area (Å²) in [5, 5.41) is 4.84. The van der Waals surface area contributed by atoms with Crippen molar-refractivity contribution in [1.29, 1.82) is 0 Å². The van der Waals surface area contributed by atoms with Crippen LogP contribution in [0.25, 0.3) is 0 Å². The number of rotatable bonds is 8. The fourth-order valence-electron chi connectivity index (χ4n) is 1.43. The summed E-state index contributed by atoms with van der Waals surface area (Å²) < 4.78 is 55.0. The van der Waals surface area contributed by atoms with Crippen LogP contribution in [-0.4, -0.2) is 35.3 Å².